The highest BCUT2D eigenvalue weighted by molar-refractivity contribution is 7.20. The minimum Gasteiger partial charge on any atom is -0.306 e. The molecular formula is C62H54N4S4. The highest BCUT2D eigenvalue weighted by Gasteiger charge is 2.53. The van der Waals surface area contributed by atoms with Gasteiger partial charge in [-0.25, -0.2) is 0 Å². The zero-order valence-electron chi connectivity index (χ0n) is 40.2. The van der Waals surface area contributed by atoms with E-state index in [0.717, 1.165) is 0 Å². The second kappa shape index (κ2) is 17.6. The molecule has 0 bridgehead atoms. The maximum Gasteiger partial charge on any atom is 0.152 e. The SMILES string of the molecule is CC(C)(C)c1ccc2c(c1)N(c1ccc(-c3ccccc3)s1)C(C1N(c3ccc(-c4ccccc4)s3)c3ccc(C(C)(C)C)cc3N1c1ccc(-c3ccccc3)s1)N2c1ccc(-c2ccccc2)s1. The molecule has 0 saturated heterocycles. The fraction of sp³-hybridized carbons (Fsp3) is 0.161. The summed E-state index contributed by atoms with van der Waals surface area (Å²) in [5.74, 6) is 0. The van der Waals surface area contributed by atoms with Crippen molar-refractivity contribution in [1.82, 2.24) is 0 Å². The van der Waals surface area contributed by atoms with Crippen molar-refractivity contribution >= 4 is 88.1 Å². The first-order valence-corrected chi connectivity index (χ1v) is 27.3. The molecule has 0 spiro atoms. The van der Waals surface area contributed by atoms with Gasteiger partial charge in [0.15, 0.2) is 12.3 Å². The van der Waals surface area contributed by atoms with Gasteiger partial charge in [0.25, 0.3) is 0 Å². The molecule has 12 rings (SSSR count). The van der Waals surface area contributed by atoms with Gasteiger partial charge in [0.2, 0.25) is 0 Å². The Hall–Kier alpha value is -6.68. The highest BCUT2D eigenvalue weighted by Crippen LogP contribution is 2.60. The van der Waals surface area contributed by atoms with E-state index in [1.165, 1.54) is 95.6 Å². The molecule has 0 N–H and O–H groups in total. The Balaban J connectivity index is 1.15. The summed E-state index contributed by atoms with van der Waals surface area (Å²) >= 11 is 7.51. The van der Waals surface area contributed by atoms with Crippen molar-refractivity contribution in [3.05, 3.63) is 217 Å². The number of fused-ring (bicyclic) bond motifs is 2. The Morgan fingerprint density at radius 3 is 0.800 bits per heavy atom. The van der Waals surface area contributed by atoms with Crippen molar-refractivity contribution in [2.24, 2.45) is 0 Å². The van der Waals surface area contributed by atoms with E-state index >= 15 is 0 Å². The van der Waals surface area contributed by atoms with E-state index < -0.39 is 0 Å². The topological polar surface area (TPSA) is 13.0 Å². The molecule has 0 radical (unpaired) electrons. The van der Waals surface area contributed by atoms with E-state index in [1.807, 2.05) is 45.3 Å². The average Bonchev–Trinajstić information content (AvgIpc) is 4.25. The van der Waals surface area contributed by atoms with E-state index in [1.54, 1.807) is 0 Å². The van der Waals surface area contributed by atoms with Crippen LogP contribution in [0.4, 0.5) is 42.8 Å². The van der Waals surface area contributed by atoms with Crippen LogP contribution < -0.4 is 19.6 Å². The molecule has 10 aromatic rings. The Morgan fingerprint density at radius 1 is 0.286 bits per heavy atom. The number of hydrogen-bond acceptors (Lipinski definition) is 8. The number of benzene rings is 6. The van der Waals surface area contributed by atoms with E-state index in [4.69, 9.17) is 0 Å². The molecule has 0 aliphatic carbocycles. The maximum atomic E-state index is 2.70. The Labute approximate surface area is 428 Å². The third-order valence-electron chi connectivity index (χ3n) is 13.6. The number of rotatable bonds is 9. The van der Waals surface area contributed by atoms with Gasteiger partial charge in [0.05, 0.1) is 42.8 Å². The van der Waals surface area contributed by atoms with Crippen molar-refractivity contribution in [2.45, 2.75) is 64.7 Å². The number of nitrogens with zero attached hydrogens (tertiary/aromatic N) is 4. The molecule has 2 aliphatic heterocycles. The zero-order valence-corrected chi connectivity index (χ0v) is 43.5. The first-order chi connectivity index (χ1) is 34.0. The van der Waals surface area contributed by atoms with E-state index in [2.05, 4.69) is 267 Å². The third-order valence-corrected chi connectivity index (χ3v) is 18.1. The smallest absolute Gasteiger partial charge is 0.152 e. The molecule has 4 aromatic heterocycles. The van der Waals surface area contributed by atoms with Gasteiger partial charge in [-0.1, -0.05) is 175 Å². The van der Waals surface area contributed by atoms with Gasteiger partial charge in [-0.3, -0.25) is 0 Å². The van der Waals surface area contributed by atoms with Crippen LogP contribution in [-0.2, 0) is 10.8 Å². The van der Waals surface area contributed by atoms with Crippen LogP contribution in [0.15, 0.2) is 206 Å². The lowest BCUT2D eigenvalue weighted by molar-refractivity contribution is 0.555. The summed E-state index contributed by atoms with van der Waals surface area (Å²) in [6.45, 7) is 14.0. The van der Waals surface area contributed by atoms with Gasteiger partial charge < -0.3 is 19.6 Å². The summed E-state index contributed by atoms with van der Waals surface area (Å²) in [5, 5.41) is 4.82. The van der Waals surface area contributed by atoms with E-state index in [-0.39, 0.29) is 23.2 Å². The predicted octanol–water partition coefficient (Wildman–Crippen LogP) is 19.1. The molecule has 0 amide bonds. The molecular weight excluding hydrogens is 929 g/mol. The van der Waals surface area contributed by atoms with Crippen LogP contribution in [0.25, 0.3) is 41.8 Å². The number of anilines is 8. The highest BCUT2D eigenvalue weighted by atomic mass is 32.1. The molecule has 8 heteroatoms. The summed E-state index contributed by atoms with van der Waals surface area (Å²) < 4.78 is 0. The van der Waals surface area contributed by atoms with Gasteiger partial charge in [-0.2, -0.15) is 0 Å². The lowest BCUT2D eigenvalue weighted by atomic mass is 9.86. The monoisotopic (exact) mass is 982 g/mol. The van der Waals surface area contributed by atoms with Gasteiger partial charge in [-0.05, 0) is 117 Å². The fourth-order valence-corrected chi connectivity index (χ4v) is 14.2. The molecule has 0 saturated carbocycles. The lowest BCUT2D eigenvalue weighted by Gasteiger charge is -2.43. The first kappa shape index (κ1) is 44.5. The number of hydrogen-bond donors (Lipinski definition) is 0. The quantitative estimate of drug-likeness (QED) is 0.143. The summed E-state index contributed by atoms with van der Waals surface area (Å²) in [6, 6.07) is 76.7. The van der Waals surface area contributed by atoms with Gasteiger partial charge in [0, 0.05) is 19.5 Å². The van der Waals surface area contributed by atoms with Crippen LogP contribution in [-0.4, -0.2) is 12.3 Å². The van der Waals surface area contributed by atoms with Crippen LogP contribution in [0.1, 0.15) is 52.7 Å². The van der Waals surface area contributed by atoms with E-state index in [0.29, 0.717) is 0 Å². The fourth-order valence-electron chi connectivity index (χ4n) is 9.96. The average molecular weight is 983 g/mol. The zero-order chi connectivity index (χ0) is 47.7. The van der Waals surface area contributed by atoms with Gasteiger partial charge in [0.1, 0.15) is 0 Å². The summed E-state index contributed by atoms with van der Waals surface area (Å²) in [4.78, 5) is 15.7. The minimum absolute atomic E-state index is 0.0711. The molecule has 6 heterocycles. The largest absolute Gasteiger partial charge is 0.306 e. The first-order valence-electron chi connectivity index (χ1n) is 24.0. The normalized spacial score (nSPS) is 15.7. The maximum absolute atomic E-state index is 2.70. The number of thiophene rings is 4. The second-order valence-corrected chi connectivity index (χ2v) is 24.5. The standard InChI is InChI=1S/C62H54N4S4/c1-61(2,3)45-27-29-47-49(39-45)65(57-37-33-53(69-57)43-23-15-9-16-24-43)59(63(47)55-35-31-51(67-55)41-19-11-7-12-20-41)60-64(56-36-32-52(68-56)42-21-13-8-14-22-42)48-30-28-46(62(4,5)6)40-50(48)66(60)58-38-34-54(70-58)44-25-17-10-18-26-44/h7-40,59-60H,1-6H3. The molecule has 2 unspecified atom stereocenters. The molecule has 70 heavy (non-hydrogen) atoms. The third kappa shape index (κ3) is 7.97. The van der Waals surface area contributed by atoms with Crippen molar-refractivity contribution in [2.75, 3.05) is 19.6 Å². The lowest BCUT2D eigenvalue weighted by Crippen LogP contribution is -2.57. The van der Waals surface area contributed by atoms with Crippen molar-refractivity contribution in [1.29, 1.82) is 0 Å². The second-order valence-electron chi connectivity index (χ2n) is 20.2. The van der Waals surface area contributed by atoms with Gasteiger partial charge >= 0.3 is 0 Å². The minimum atomic E-state index is -0.259. The molecule has 4 nitrogen and oxygen atoms in total. The van der Waals surface area contributed by atoms with Crippen molar-refractivity contribution in [3.63, 3.8) is 0 Å². The van der Waals surface area contributed by atoms with Crippen LogP contribution in [0.5, 0.6) is 0 Å². The Bertz CT molecular complexity index is 3220. The van der Waals surface area contributed by atoms with Crippen LogP contribution in [0.3, 0.4) is 0 Å². The van der Waals surface area contributed by atoms with Crippen LogP contribution in [0, 0.1) is 0 Å². The van der Waals surface area contributed by atoms with Crippen molar-refractivity contribution in [3.8, 4) is 41.8 Å². The Kier molecular flexibility index (Phi) is 11.2. The van der Waals surface area contributed by atoms with E-state index in [9.17, 15) is 0 Å². The van der Waals surface area contributed by atoms with Crippen LogP contribution in [0.2, 0.25) is 0 Å². The Morgan fingerprint density at radius 2 is 0.543 bits per heavy atom. The van der Waals surface area contributed by atoms with Gasteiger partial charge in [-0.15, -0.1) is 45.3 Å². The predicted molar refractivity (Wildman–Crippen MR) is 305 cm³/mol. The van der Waals surface area contributed by atoms with Crippen molar-refractivity contribution < 1.29 is 0 Å². The summed E-state index contributed by atoms with van der Waals surface area (Å²) in [6.07, 6.45) is -0.519. The molecule has 0 fully saturated rings. The molecule has 2 atom stereocenters. The molecule has 6 aromatic carbocycles. The summed E-state index contributed by atoms with van der Waals surface area (Å²) in [5.41, 5.74) is 12.2. The molecule has 346 valence electrons. The van der Waals surface area contributed by atoms with Crippen LogP contribution >= 0.6 is 45.3 Å². The molecule has 2 aliphatic rings. The summed E-state index contributed by atoms with van der Waals surface area (Å²) in [7, 11) is 0.